The number of hydrazine groups is 1. The summed E-state index contributed by atoms with van der Waals surface area (Å²) in [5.41, 5.74) is 0.594. The van der Waals surface area contributed by atoms with Gasteiger partial charge in [0.15, 0.2) is 6.10 Å². The van der Waals surface area contributed by atoms with Gasteiger partial charge in [0.25, 0.3) is 11.8 Å². The zero-order valence-electron chi connectivity index (χ0n) is 25.9. The monoisotopic (exact) mass is 607 g/mol. The zero-order chi connectivity index (χ0) is 31.6. The summed E-state index contributed by atoms with van der Waals surface area (Å²) in [7, 11) is 1.70. The van der Waals surface area contributed by atoms with Gasteiger partial charge in [-0.1, -0.05) is 38.1 Å². The molecule has 1 spiro atoms. The number of nitrogens with one attached hydrogen (secondary N) is 2. The number of likely N-dealkylation sites (N-methyl/N-ethyl adjacent to an activating group) is 1. The van der Waals surface area contributed by atoms with Crippen molar-refractivity contribution in [3.05, 3.63) is 47.7 Å². The van der Waals surface area contributed by atoms with Crippen LogP contribution in [0.2, 0.25) is 0 Å². The molecule has 2 N–H and O–H groups in total. The van der Waals surface area contributed by atoms with Gasteiger partial charge in [-0.25, -0.2) is 9.80 Å². The molecule has 236 valence electrons. The molecule has 12 heteroatoms. The maximum absolute atomic E-state index is 13.7. The van der Waals surface area contributed by atoms with Crippen molar-refractivity contribution in [1.82, 2.24) is 25.6 Å². The van der Waals surface area contributed by atoms with Crippen molar-refractivity contribution < 1.29 is 33.4 Å². The first-order valence-corrected chi connectivity index (χ1v) is 15.2. The second-order valence-corrected chi connectivity index (χ2v) is 12.0. The minimum Gasteiger partial charge on any atom is -0.450 e. The van der Waals surface area contributed by atoms with Crippen LogP contribution < -0.4 is 10.6 Å². The van der Waals surface area contributed by atoms with Crippen molar-refractivity contribution in [3.63, 3.8) is 0 Å². The number of pyridine rings is 1. The number of cyclic esters (lactones) is 1. The first-order chi connectivity index (χ1) is 21.0. The highest BCUT2D eigenvalue weighted by Gasteiger charge is 2.44. The van der Waals surface area contributed by atoms with Crippen LogP contribution in [0.1, 0.15) is 57.8 Å². The highest BCUT2D eigenvalue weighted by atomic mass is 16.6. The molecular weight excluding hydrogens is 566 g/mol. The third-order valence-corrected chi connectivity index (χ3v) is 8.40. The number of hydrogen-bond donors (Lipinski definition) is 2. The zero-order valence-corrected chi connectivity index (χ0v) is 25.9. The first-order valence-electron chi connectivity index (χ1n) is 15.2. The van der Waals surface area contributed by atoms with Gasteiger partial charge >= 0.3 is 5.97 Å². The van der Waals surface area contributed by atoms with E-state index in [0.29, 0.717) is 37.2 Å². The minimum atomic E-state index is -1.57. The number of aromatic nitrogens is 1. The van der Waals surface area contributed by atoms with E-state index in [-0.39, 0.29) is 25.0 Å². The van der Waals surface area contributed by atoms with Gasteiger partial charge in [-0.15, -0.1) is 0 Å². The van der Waals surface area contributed by atoms with Crippen molar-refractivity contribution in [2.24, 2.45) is 5.92 Å². The standard InChI is InChI=1S/C32H41N5O7/c1-19(2)27-29(39)34-21(4)30(40)37-14-6-7-26(36(37)5)28(38)33-20(3)24-11-10-23-9-8-22(17-25(23)35-24)12-13-32(31(41)44-27)18-42-15-16-43-32/h8-13,17,19-21,26-27H,6-7,14-16,18H2,1-5H3,(H,33,38)(H,34,39)/b13-12-/t20-,21+,26+,27+,32?/m1/s1. The van der Waals surface area contributed by atoms with Gasteiger partial charge in [0.2, 0.25) is 11.5 Å². The van der Waals surface area contributed by atoms with E-state index in [2.05, 4.69) is 10.6 Å². The van der Waals surface area contributed by atoms with Crippen LogP contribution in [0.15, 0.2) is 36.4 Å². The molecule has 1 aromatic carbocycles. The summed E-state index contributed by atoms with van der Waals surface area (Å²) < 4.78 is 17.4. The Bertz CT molecular complexity index is 1450. The summed E-state index contributed by atoms with van der Waals surface area (Å²) in [6, 6.07) is 7.63. The number of carbonyl (C=O) groups is 4. The van der Waals surface area contributed by atoms with Crippen LogP contribution in [0.3, 0.4) is 0 Å². The lowest BCUT2D eigenvalue weighted by Crippen LogP contribution is -2.62. The van der Waals surface area contributed by atoms with Crippen LogP contribution in [0.4, 0.5) is 0 Å². The fraction of sp³-hybridized carbons (Fsp3) is 0.531. The lowest BCUT2D eigenvalue weighted by molar-refractivity contribution is -0.195. The van der Waals surface area contributed by atoms with E-state index in [0.717, 1.165) is 10.9 Å². The summed E-state index contributed by atoms with van der Waals surface area (Å²) >= 11 is 0. The molecule has 0 radical (unpaired) electrons. The van der Waals surface area contributed by atoms with E-state index in [9.17, 15) is 19.2 Å². The van der Waals surface area contributed by atoms with Crippen molar-refractivity contribution in [2.45, 2.75) is 70.4 Å². The van der Waals surface area contributed by atoms with E-state index in [1.807, 2.05) is 37.3 Å². The van der Waals surface area contributed by atoms with E-state index in [4.69, 9.17) is 19.2 Å². The molecule has 3 aliphatic heterocycles. The Morgan fingerprint density at radius 1 is 1.00 bits per heavy atom. The van der Waals surface area contributed by atoms with E-state index >= 15 is 0 Å². The summed E-state index contributed by atoms with van der Waals surface area (Å²) in [5.74, 6) is -2.35. The number of rotatable bonds is 1. The normalized spacial score (nSPS) is 30.3. The number of ether oxygens (including phenoxy) is 3. The summed E-state index contributed by atoms with van der Waals surface area (Å²) in [4.78, 5) is 58.9. The third-order valence-electron chi connectivity index (χ3n) is 8.40. The number of carbonyl (C=O) groups excluding carboxylic acids is 4. The highest BCUT2D eigenvalue weighted by Crippen LogP contribution is 2.26. The van der Waals surface area contributed by atoms with Gasteiger partial charge in [0.1, 0.15) is 12.1 Å². The molecule has 5 rings (SSSR count). The van der Waals surface area contributed by atoms with Crippen LogP contribution in [0, 0.1) is 5.92 Å². The van der Waals surface area contributed by atoms with Crippen molar-refractivity contribution in [1.29, 1.82) is 0 Å². The molecule has 44 heavy (non-hydrogen) atoms. The molecule has 2 fully saturated rings. The molecule has 1 aromatic heterocycles. The van der Waals surface area contributed by atoms with Gasteiger partial charge in [0.05, 0.1) is 37.1 Å². The molecule has 0 aliphatic carbocycles. The quantitative estimate of drug-likeness (QED) is 0.467. The molecule has 3 aliphatic rings. The van der Waals surface area contributed by atoms with E-state index in [1.165, 1.54) is 5.01 Å². The second kappa shape index (κ2) is 13.0. The number of fused-ring (bicyclic) bond motifs is 4. The average Bonchev–Trinajstić information content (AvgIpc) is 3.01. The lowest BCUT2D eigenvalue weighted by atomic mass is 10.0. The number of esters is 1. The molecular formula is C32H41N5O7. The molecule has 0 saturated carbocycles. The highest BCUT2D eigenvalue weighted by molar-refractivity contribution is 5.92. The largest absolute Gasteiger partial charge is 0.450 e. The van der Waals surface area contributed by atoms with Crippen LogP contribution in [0.5, 0.6) is 0 Å². The summed E-state index contributed by atoms with van der Waals surface area (Å²) in [6.07, 6.45) is 3.33. The molecule has 4 heterocycles. The van der Waals surface area contributed by atoms with Gasteiger partial charge in [0, 0.05) is 19.0 Å². The van der Waals surface area contributed by atoms with Gasteiger partial charge in [-0.3, -0.25) is 24.4 Å². The number of amides is 3. The topological polar surface area (TPSA) is 139 Å². The number of hydrogen-bond acceptors (Lipinski definition) is 9. The van der Waals surface area contributed by atoms with Crippen molar-refractivity contribution in [2.75, 3.05) is 33.4 Å². The maximum Gasteiger partial charge on any atom is 0.345 e. The fourth-order valence-electron chi connectivity index (χ4n) is 5.74. The molecule has 2 saturated heterocycles. The first kappa shape index (κ1) is 31.6. The van der Waals surface area contributed by atoms with Crippen LogP contribution in [0.25, 0.3) is 17.0 Å². The van der Waals surface area contributed by atoms with Crippen molar-refractivity contribution >= 4 is 40.7 Å². The molecule has 12 nitrogen and oxygen atoms in total. The molecule has 5 atom stereocenters. The minimum absolute atomic E-state index is 0.0840. The lowest BCUT2D eigenvalue weighted by Gasteiger charge is -2.42. The Morgan fingerprint density at radius 2 is 1.75 bits per heavy atom. The molecule has 3 amide bonds. The van der Waals surface area contributed by atoms with Crippen LogP contribution in [-0.2, 0) is 33.4 Å². The van der Waals surface area contributed by atoms with Crippen LogP contribution >= 0.6 is 0 Å². The Labute approximate surface area is 257 Å². The van der Waals surface area contributed by atoms with Gasteiger partial charge < -0.3 is 24.8 Å². The Morgan fingerprint density at radius 3 is 2.48 bits per heavy atom. The third kappa shape index (κ3) is 6.47. The molecule has 1 unspecified atom stereocenters. The summed E-state index contributed by atoms with van der Waals surface area (Å²) in [6.45, 7) is 7.76. The number of nitrogens with zero attached hydrogens (tertiary/aromatic N) is 3. The molecule has 2 aromatic rings. The Hall–Kier alpha value is -3.87. The smallest absolute Gasteiger partial charge is 0.345 e. The van der Waals surface area contributed by atoms with Crippen LogP contribution in [-0.4, -0.2) is 95.9 Å². The average molecular weight is 608 g/mol. The summed E-state index contributed by atoms with van der Waals surface area (Å²) in [5, 5.41) is 9.82. The fourth-order valence-corrected chi connectivity index (χ4v) is 5.74. The SMILES string of the molecule is CC(C)[C@@H]1OC(=O)C2(/C=C\c3ccc4ccc(nc4c3)[C@@H](C)NC(=O)[C@@H]3CCCN(C(=O)[C@H](C)NC1=O)N3C)COCCO2. The molecule has 5 bridgehead atoms. The maximum atomic E-state index is 13.7. The number of benzene rings is 1. The van der Waals surface area contributed by atoms with E-state index < -0.39 is 47.6 Å². The predicted octanol–water partition coefficient (Wildman–Crippen LogP) is 2.13. The Kier molecular flexibility index (Phi) is 9.33. The van der Waals surface area contributed by atoms with Crippen molar-refractivity contribution in [3.8, 4) is 0 Å². The second-order valence-electron chi connectivity index (χ2n) is 12.0. The van der Waals surface area contributed by atoms with Gasteiger partial charge in [-0.05, 0) is 56.4 Å². The van der Waals surface area contributed by atoms with Gasteiger partial charge in [-0.2, -0.15) is 0 Å². The van der Waals surface area contributed by atoms with E-state index in [1.54, 1.807) is 45.0 Å². The predicted molar refractivity (Wildman–Crippen MR) is 162 cm³/mol. The Balaban J connectivity index is 1.54.